The second kappa shape index (κ2) is 10.8. The zero-order chi connectivity index (χ0) is 19.1. The minimum absolute atomic E-state index is 0. The molecule has 5 nitrogen and oxygen atoms in total. The summed E-state index contributed by atoms with van der Waals surface area (Å²) in [5, 5.41) is 9.08. The fraction of sp³-hybridized carbons (Fsp3) is 0.429. The number of amides is 1. The maximum absolute atomic E-state index is 11.2. The fourth-order valence-corrected chi connectivity index (χ4v) is 4.75. The van der Waals surface area contributed by atoms with Crippen LogP contribution in [0, 0.1) is 0 Å². The highest BCUT2D eigenvalue weighted by Gasteiger charge is 2.34. The Labute approximate surface area is 188 Å². The smallest absolute Gasteiger partial charge is 0.248 e. The molecule has 0 radical (unpaired) electrons. The molecule has 2 aromatic rings. The summed E-state index contributed by atoms with van der Waals surface area (Å²) >= 11 is 1.86. The number of benzene rings is 1. The van der Waals surface area contributed by atoms with Crippen molar-refractivity contribution in [3.8, 4) is 0 Å². The van der Waals surface area contributed by atoms with Crippen LogP contribution in [-0.2, 0) is 12.0 Å². The molecule has 1 aliphatic carbocycles. The predicted molar refractivity (Wildman–Crippen MR) is 128 cm³/mol. The van der Waals surface area contributed by atoms with E-state index in [1.807, 2.05) is 23.5 Å². The van der Waals surface area contributed by atoms with Crippen LogP contribution < -0.4 is 16.4 Å². The summed E-state index contributed by atoms with van der Waals surface area (Å²) in [4.78, 5) is 17.0. The van der Waals surface area contributed by atoms with Gasteiger partial charge in [0.1, 0.15) is 0 Å². The first-order valence-electron chi connectivity index (χ1n) is 9.50. The van der Waals surface area contributed by atoms with E-state index in [0.717, 1.165) is 18.1 Å². The van der Waals surface area contributed by atoms with Crippen molar-refractivity contribution in [2.45, 2.75) is 44.1 Å². The lowest BCUT2D eigenvalue weighted by atomic mass is 9.73. The molecule has 1 aliphatic rings. The number of primary amides is 1. The number of nitrogens with two attached hydrogens (primary N) is 1. The summed E-state index contributed by atoms with van der Waals surface area (Å²) in [5.74, 6) is 0.397. The maximum atomic E-state index is 11.2. The number of nitrogens with zero attached hydrogens (tertiary/aromatic N) is 1. The van der Waals surface area contributed by atoms with Gasteiger partial charge in [-0.1, -0.05) is 37.5 Å². The largest absolute Gasteiger partial charge is 0.366 e. The number of halogens is 1. The molecule has 1 saturated carbocycles. The van der Waals surface area contributed by atoms with Gasteiger partial charge in [0, 0.05) is 36.0 Å². The first kappa shape index (κ1) is 22.7. The molecule has 0 bridgehead atoms. The number of carbonyl (C=O) groups is 1. The summed E-state index contributed by atoms with van der Waals surface area (Å²) < 4.78 is 0. The number of carbonyl (C=O) groups excluding carboxylic acids is 1. The Morgan fingerprint density at radius 2 is 1.86 bits per heavy atom. The number of nitrogens with one attached hydrogen (secondary N) is 2. The Morgan fingerprint density at radius 1 is 1.14 bits per heavy atom. The molecule has 1 heterocycles. The molecule has 0 unspecified atom stereocenters. The van der Waals surface area contributed by atoms with Gasteiger partial charge in [-0.3, -0.25) is 9.79 Å². The summed E-state index contributed by atoms with van der Waals surface area (Å²) in [5.41, 5.74) is 7.11. The highest BCUT2D eigenvalue weighted by atomic mass is 127. The van der Waals surface area contributed by atoms with Gasteiger partial charge in [-0.2, -0.15) is 0 Å². The van der Waals surface area contributed by atoms with Crippen LogP contribution in [0.1, 0.15) is 52.9 Å². The number of hydrogen-bond donors (Lipinski definition) is 3. The van der Waals surface area contributed by atoms with Gasteiger partial charge in [-0.15, -0.1) is 35.3 Å². The number of hydrogen-bond acceptors (Lipinski definition) is 3. The molecule has 28 heavy (non-hydrogen) atoms. The van der Waals surface area contributed by atoms with Crippen LogP contribution in [0.3, 0.4) is 0 Å². The van der Waals surface area contributed by atoms with E-state index in [4.69, 9.17) is 5.73 Å². The van der Waals surface area contributed by atoms with Crippen LogP contribution in [-0.4, -0.2) is 25.5 Å². The van der Waals surface area contributed by atoms with Crippen LogP contribution in [0.5, 0.6) is 0 Å². The van der Waals surface area contributed by atoms with E-state index >= 15 is 0 Å². The number of aliphatic imine (C=N–C) groups is 1. The molecule has 1 aromatic carbocycles. The molecular weight excluding hydrogens is 483 g/mol. The predicted octanol–water partition coefficient (Wildman–Crippen LogP) is 4.03. The van der Waals surface area contributed by atoms with Crippen LogP contribution in [0.15, 0.2) is 46.8 Å². The minimum Gasteiger partial charge on any atom is -0.366 e. The molecule has 0 saturated heterocycles. The Kier molecular flexibility index (Phi) is 8.75. The van der Waals surface area contributed by atoms with Gasteiger partial charge in [0.25, 0.3) is 0 Å². The summed E-state index contributed by atoms with van der Waals surface area (Å²) in [6.07, 6.45) is 6.37. The number of thiophene rings is 1. The van der Waals surface area contributed by atoms with Gasteiger partial charge in [0.2, 0.25) is 5.91 Å². The number of rotatable bonds is 6. The topological polar surface area (TPSA) is 79.5 Å². The Balaban J connectivity index is 0.00000280. The second-order valence-corrected chi connectivity index (χ2v) is 8.11. The lowest BCUT2D eigenvalue weighted by Crippen LogP contribution is -2.46. The molecule has 1 fully saturated rings. The van der Waals surface area contributed by atoms with Crippen molar-refractivity contribution in [2.75, 3.05) is 13.6 Å². The van der Waals surface area contributed by atoms with Crippen LogP contribution in [0.4, 0.5) is 0 Å². The van der Waals surface area contributed by atoms with E-state index in [0.29, 0.717) is 12.1 Å². The first-order valence-corrected chi connectivity index (χ1v) is 10.4. The van der Waals surface area contributed by atoms with E-state index in [2.05, 4.69) is 33.1 Å². The normalized spacial score (nSPS) is 16.1. The summed E-state index contributed by atoms with van der Waals surface area (Å²) in [6, 6.07) is 11.8. The van der Waals surface area contributed by atoms with Crippen LogP contribution >= 0.6 is 35.3 Å². The quantitative estimate of drug-likeness (QED) is 0.311. The van der Waals surface area contributed by atoms with Gasteiger partial charge < -0.3 is 16.4 Å². The van der Waals surface area contributed by atoms with E-state index in [-0.39, 0.29) is 29.4 Å². The molecule has 3 rings (SSSR count). The third-order valence-corrected chi connectivity index (χ3v) is 6.49. The van der Waals surface area contributed by atoms with E-state index in [1.54, 1.807) is 19.2 Å². The third kappa shape index (κ3) is 5.70. The van der Waals surface area contributed by atoms with Gasteiger partial charge >= 0.3 is 0 Å². The number of guanidine groups is 1. The third-order valence-electron chi connectivity index (χ3n) is 5.37. The van der Waals surface area contributed by atoms with Crippen molar-refractivity contribution in [3.05, 3.63) is 57.8 Å². The van der Waals surface area contributed by atoms with Gasteiger partial charge in [0.05, 0.1) is 0 Å². The van der Waals surface area contributed by atoms with Gasteiger partial charge in [0.15, 0.2) is 5.96 Å². The molecule has 0 atom stereocenters. The molecule has 1 amide bonds. The lowest BCUT2D eigenvalue weighted by Gasteiger charge is -2.37. The van der Waals surface area contributed by atoms with Crippen molar-refractivity contribution < 1.29 is 4.79 Å². The molecule has 0 spiro atoms. The maximum Gasteiger partial charge on any atom is 0.248 e. The van der Waals surface area contributed by atoms with Crippen molar-refractivity contribution in [1.82, 2.24) is 10.6 Å². The molecule has 7 heteroatoms. The van der Waals surface area contributed by atoms with Crippen LogP contribution in [0.25, 0.3) is 0 Å². The van der Waals surface area contributed by atoms with Crippen molar-refractivity contribution in [1.29, 1.82) is 0 Å². The highest BCUT2D eigenvalue weighted by molar-refractivity contribution is 14.0. The average molecular weight is 512 g/mol. The van der Waals surface area contributed by atoms with Crippen molar-refractivity contribution >= 4 is 47.2 Å². The average Bonchev–Trinajstić information content (AvgIpc) is 3.25. The van der Waals surface area contributed by atoms with Crippen molar-refractivity contribution in [3.63, 3.8) is 0 Å². The fourth-order valence-electron chi connectivity index (χ4n) is 3.77. The monoisotopic (exact) mass is 512 g/mol. The molecule has 1 aromatic heterocycles. The second-order valence-electron chi connectivity index (χ2n) is 7.16. The zero-order valence-electron chi connectivity index (χ0n) is 16.2. The van der Waals surface area contributed by atoms with Crippen LogP contribution in [0.2, 0.25) is 0 Å². The Morgan fingerprint density at radius 3 is 2.43 bits per heavy atom. The summed E-state index contributed by atoms with van der Waals surface area (Å²) in [7, 11) is 1.80. The Bertz CT molecular complexity index is 768. The van der Waals surface area contributed by atoms with E-state index in [1.165, 1.54) is 37.0 Å². The molecule has 152 valence electrons. The SMILES string of the molecule is CN=C(NCc1ccc(C(N)=O)cc1)NCC1(c2cccs2)CCCCC1.I. The summed E-state index contributed by atoms with van der Waals surface area (Å²) in [6.45, 7) is 1.54. The van der Waals surface area contributed by atoms with E-state index < -0.39 is 5.91 Å². The lowest BCUT2D eigenvalue weighted by molar-refractivity contribution is 0.100. The van der Waals surface area contributed by atoms with Gasteiger partial charge in [-0.05, 0) is 42.0 Å². The minimum atomic E-state index is -0.404. The zero-order valence-corrected chi connectivity index (χ0v) is 19.4. The van der Waals surface area contributed by atoms with E-state index in [9.17, 15) is 4.79 Å². The van der Waals surface area contributed by atoms with Crippen molar-refractivity contribution in [2.24, 2.45) is 10.7 Å². The van der Waals surface area contributed by atoms with Gasteiger partial charge in [-0.25, -0.2) is 0 Å². The first-order chi connectivity index (χ1) is 13.1. The molecule has 4 N–H and O–H groups in total. The highest BCUT2D eigenvalue weighted by Crippen LogP contribution is 2.41. The standard InChI is InChI=1S/C21H28N4OS.HI/c1-23-20(24-14-16-7-9-17(10-8-16)19(22)26)25-15-21(11-3-2-4-12-21)18-6-5-13-27-18;/h5-10,13H,2-4,11-12,14-15H2,1H3,(H2,22,26)(H2,23,24,25);1H. The Hall–Kier alpha value is -1.61. The molecular formula is C21H29IN4OS. The molecule has 0 aliphatic heterocycles.